The molecule has 182 valence electrons. The fourth-order valence-electron chi connectivity index (χ4n) is 3.64. The predicted octanol–water partition coefficient (Wildman–Crippen LogP) is 7.55. The largest absolute Gasteiger partial charge is 0.489 e. The van der Waals surface area contributed by atoms with Gasteiger partial charge in [0.05, 0.1) is 5.57 Å². The predicted molar refractivity (Wildman–Crippen MR) is 146 cm³/mol. The van der Waals surface area contributed by atoms with E-state index >= 15 is 0 Å². The number of fused-ring (bicyclic) bond motifs is 1. The molecule has 4 rings (SSSR count). The molecule has 1 amide bonds. The number of carbonyl (C=O) groups excluding carboxylic acids is 1. The van der Waals surface area contributed by atoms with Gasteiger partial charge in [0, 0.05) is 15.6 Å². The molecule has 0 fully saturated rings. The van der Waals surface area contributed by atoms with Gasteiger partial charge in [0.25, 0.3) is 5.91 Å². The van der Waals surface area contributed by atoms with Crippen LogP contribution in [0.5, 0.6) is 5.75 Å². The van der Waals surface area contributed by atoms with Crippen LogP contribution < -0.4 is 4.74 Å². The third kappa shape index (κ3) is 6.54. The molecule has 0 radical (unpaired) electrons. The van der Waals surface area contributed by atoms with Crippen LogP contribution in [0.4, 0.5) is 0 Å². The summed E-state index contributed by atoms with van der Waals surface area (Å²) in [6.07, 6.45) is 8.39. The van der Waals surface area contributed by atoms with Gasteiger partial charge in [-0.25, -0.2) is 0 Å². The number of ether oxygens (including phenoxy) is 1. The average Bonchev–Trinajstić information content (AvgIpc) is 3.25. The zero-order chi connectivity index (χ0) is 24.8. The molecule has 6 nitrogen and oxygen atoms in total. The highest BCUT2D eigenvalue weighted by molar-refractivity contribution is 8.26. The van der Waals surface area contributed by atoms with Crippen molar-refractivity contribution in [1.82, 2.24) is 5.01 Å². The Morgan fingerprint density at radius 1 is 1.09 bits per heavy atom. The van der Waals surface area contributed by atoms with E-state index in [1.54, 1.807) is 18.2 Å². The van der Waals surface area contributed by atoms with Gasteiger partial charge in [-0.05, 0) is 60.5 Å². The van der Waals surface area contributed by atoms with Crippen molar-refractivity contribution in [2.45, 2.75) is 52.1 Å². The molecule has 0 unspecified atom stereocenters. The highest BCUT2D eigenvalue weighted by Crippen LogP contribution is 2.30. The van der Waals surface area contributed by atoms with Crippen LogP contribution in [-0.2, 0) is 11.4 Å². The van der Waals surface area contributed by atoms with E-state index in [2.05, 4.69) is 17.0 Å². The van der Waals surface area contributed by atoms with E-state index in [-0.39, 0.29) is 11.4 Å². The maximum Gasteiger partial charge on any atom is 0.283 e. The van der Waals surface area contributed by atoms with Crippen LogP contribution in [0, 0.1) is 5.41 Å². The first kappa shape index (κ1) is 25.5. The van der Waals surface area contributed by atoms with Crippen LogP contribution in [-0.4, -0.2) is 27.0 Å². The van der Waals surface area contributed by atoms with Gasteiger partial charge in [0.1, 0.15) is 17.4 Å². The van der Waals surface area contributed by atoms with E-state index in [9.17, 15) is 4.79 Å². The van der Waals surface area contributed by atoms with Gasteiger partial charge in [-0.3, -0.25) is 10.2 Å². The van der Waals surface area contributed by atoms with E-state index in [0.717, 1.165) is 35.4 Å². The van der Waals surface area contributed by atoms with E-state index in [1.165, 1.54) is 36.0 Å². The molecule has 2 aliphatic heterocycles. The summed E-state index contributed by atoms with van der Waals surface area (Å²) in [6.45, 7) is 2.50. The summed E-state index contributed by atoms with van der Waals surface area (Å²) in [4.78, 5) is 16.8. The standard InChI is InChI=1S/C26H26Cl2N4O2S/c1-2-3-4-5-6-7-23-31-32-24(29)21(25(33)30-26(32)35-23)14-17-8-12-20(13-9-17)34-16-18-10-11-19(27)15-22(18)28/h8-15,29H,2-7,16H2,1H3/b21-14-,29-24?. The number of halogens is 2. The fourth-order valence-corrected chi connectivity index (χ4v) is 5.03. The Bertz CT molecular complexity index is 1210. The first-order valence-corrected chi connectivity index (χ1v) is 13.2. The molecule has 0 aliphatic carbocycles. The quantitative estimate of drug-likeness (QED) is 0.255. The van der Waals surface area contributed by atoms with Crippen LogP contribution in [0.25, 0.3) is 6.08 Å². The van der Waals surface area contributed by atoms with E-state index in [0.29, 0.717) is 27.6 Å². The molecular weight excluding hydrogens is 503 g/mol. The van der Waals surface area contributed by atoms with Gasteiger partial charge in [-0.15, -0.1) is 0 Å². The third-order valence-electron chi connectivity index (χ3n) is 5.59. The van der Waals surface area contributed by atoms with Gasteiger partial charge in [0.15, 0.2) is 5.84 Å². The topological polar surface area (TPSA) is 78.1 Å². The van der Waals surface area contributed by atoms with Crippen molar-refractivity contribution in [3.8, 4) is 5.75 Å². The number of benzene rings is 2. The third-order valence-corrected chi connectivity index (χ3v) is 7.15. The summed E-state index contributed by atoms with van der Waals surface area (Å²) >= 11 is 13.5. The Labute approximate surface area is 219 Å². The van der Waals surface area contributed by atoms with Crippen molar-refractivity contribution in [2.75, 3.05) is 0 Å². The number of nitrogens with zero attached hydrogens (tertiary/aromatic N) is 3. The second-order valence-electron chi connectivity index (χ2n) is 8.27. The Kier molecular flexibility index (Phi) is 8.65. The first-order chi connectivity index (χ1) is 16.9. The van der Waals surface area contributed by atoms with E-state index < -0.39 is 5.91 Å². The van der Waals surface area contributed by atoms with Crippen LogP contribution >= 0.6 is 35.0 Å². The minimum Gasteiger partial charge on any atom is -0.489 e. The molecule has 0 saturated carbocycles. The minimum absolute atomic E-state index is 0.0474. The molecule has 2 aliphatic rings. The first-order valence-electron chi connectivity index (χ1n) is 11.6. The Balaban J connectivity index is 1.38. The van der Waals surface area contributed by atoms with Crippen LogP contribution in [0.2, 0.25) is 10.0 Å². The lowest BCUT2D eigenvalue weighted by Crippen LogP contribution is -2.35. The number of hydrogen-bond acceptors (Lipinski definition) is 5. The number of nitrogens with one attached hydrogen (secondary N) is 1. The zero-order valence-electron chi connectivity index (χ0n) is 19.4. The lowest BCUT2D eigenvalue weighted by Gasteiger charge is -2.20. The monoisotopic (exact) mass is 528 g/mol. The second kappa shape index (κ2) is 11.9. The lowest BCUT2D eigenvalue weighted by atomic mass is 10.1. The van der Waals surface area contributed by atoms with Crippen molar-refractivity contribution in [3.63, 3.8) is 0 Å². The molecule has 2 heterocycles. The van der Waals surface area contributed by atoms with Gasteiger partial charge >= 0.3 is 0 Å². The Hall–Kier alpha value is -2.61. The summed E-state index contributed by atoms with van der Waals surface area (Å²) < 4.78 is 5.81. The molecular formula is C26H26Cl2N4O2S. The molecule has 1 N–H and O–H groups in total. The number of carbonyl (C=O) groups is 1. The van der Waals surface area contributed by atoms with Gasteiger partial charge in [-0.2, -0.15) is 15.1 Å². The SMILES string of the molecule is CCCCCCCC1=NN2C(=N)/C(=C/c3ccc(OCc4ccc(Cl)cc4Cl)cc3)C(=O)N=C2S1. The molecule has 0 spiro atoms. The maximum absolute atomic E-state index is 12.6. The highest BCUT2D eigenvalue weighted by Gasteiger charge is 2.35. The lowest BCUT2D eigenvalue weighted by molar-refractivity contribution is -0.114. The van der Waals surface area contributed by atoms with Crippen LogP contribution in [0.3, 0.4) is 0 Å². The van der Waals surface area contributed by atoms with E-state index in [4.69, 9.17) is 33.3 Å². The minimum atomic E-state index is -0.425. The average molecular weight is 529 g/mol. The van der Waals surface area contributed by atoms with Crippen molar-refractivity contribution in [2.24, 2.45) is 10.1 Å². The van der Waals surface area contributed by atoms with E-state index in [1.807, 2.05) is 30.3 Å². The number of hydrazone groups is 1. The van der Waals surface area contributed by atoms with Crippen LogP contribution in [0.15, 0.2) is 58.1 Å². The van der Waals surface area contributed by atoms with Gasteiger partial charge in [0.2, 0.25) is 5.17 Å². The number of amides is 1. The molecule has 0 atom stereocenters. The molecule has 0 bridgehead atoms. The summed E-state index contributed by atoms with van der Waals surface area (Å²) in [6, 6.07) is 12.6. The molecule has 2 aromatic carbocycles. The van der Waals surface area contributed by atoms with Gasteiger partial charge < -0.3 is 4.74 Å². The smallest absolute Gasteiger partial charge is 0.283 e. The summed E-state index contributed by atoms with van der Waals surface area (Å²) in [5, 5.41) is 17.0. The second-order valence-corrected chi connectivity index (χ2v) is 10.2. The number of thioether (sulfide) groups is 1. The molecule has 0 aromatic heterocycles. The van der Waals surface area contributed by atoms with Crippen molar-refractivity contribution in [3.05, 3.63) is 69.2 Å². The molecule has 2 aromatic rings. The number of hydrogen-bond donors (Lipinski definition) is 1. The Morgan fingerprint density at radius 3 is 2.60 bits per heavy atom. The van der Waals surface area contributed by atoms with Gasteiger partial charge in [-0.1, -0.05) is 74.0 Å². The van der Waals surface area contributed by atoms with Crippen molar-refractivity contribution < 1.29 is 9.53 Å². The Morgan fingerprint density at radius 2 is 1.86 bits per heavy atom. The zero-order valence-corrected chi connectivity index (χ0v) is 21.7. The highest BCUT2D eigenvalue weighted by atomic mass is 35.5. The van der Waals surface area contributed by atoms with Crippen molar-refractivity contribution >= 4 is 63.0 Å². The number of unbranched alkanes of at least 4 members (excludes halogenated alkanes) is 4. The van der Waals surface area contributed by atoms with Crippen molar-refractivity contribution in [1.29, 1.82) is 5.41 Å². The summed E-state index contributed by atoms with van der Waals surface area (Å²) in [5.41, 5.74) is 1.81. The number of amidine groups is 2. The normalized spacial score (nSPS) is 16.4. The molecule has 9 heteroatoms. The van der Waals surface area contributed by atoms with Crippen LogP contribution in [0.1, 0.15) is 56.6 Å². The number of rotatable bonds is 10. The molecule has 0 saturated heterocycles. The molecule has 35 heavy (non-hydrogen) atoms. The number of aliphatic imine (C=N–C) groups is 1. The summed E-state index contributed by atoms with van der Waals surface area (Å²) in [7, 11) is 0. The summed E-state index contributed by atoms with van der Waals surface area (Å²) in [5.74, 6) is 0.282. The maximum atomic E-state index is 12.6. The fraction of sp³-hybridized carbons (Fsp3) is 0.308.